The van der Waals surface area contributed by atoms with Crippen LogP contribution >= 0.6 is 12.4 Å². The van der Waals surface area contributed by atoms with Gasteiger partial charge in [0.15, 0.2) is 0 Å². The number of nitrogens with zero attached hydrogens (tertiary/aromatic N) is 1. The Morgan fingerprint density at radius 2 is 1.88 bits per heavy atom. The van der Waals surface area contributed by atoms with E-state index in [1.165, 1.54) is 18.4 Å². The lowest BCUT2D eigenvalue weighted by Crippen LogP contribution is -2.47. The van der Waals surface area contributed by atoms with E-state index < -0.39 is 6.04 Å². The van der Waals surface area contributed by atoms with Gasteiger partial charge >= 0.3 is 0 Å². The molecule has 1 heterocycles. The van der Waals surface area contributed by atoms with Crippen molar-refractivity contribution in [2.75, 3.05) is 26.7 Å². The smallest absolute Gasteiger partial charge is 0.237 e. The third kappa shape index (κ3) is 5.87. The minimum Gasteiger partial charge on any atom is -0.497 e. The second-order valence-electron chi connectivity index (χ2n) is 6.69. The second kappa shape index (κ2) is 10.6. The zero-order chi connectivity index (χ0) is 17.5. The van der Waals surface area contributed by atoms with Gasteiger partial charge in [-0.1, -0.05) is 32.4 Å². The number of rotatable bonds is 8. The summed E-state index contributed by atoms with van der Waals surface area (Å²) in [6.07, 6.45) is 3.34. The van der Waals surface area contributed by atoms with E-state index in [1.54, 1.807) is 7.11 Å². The molecule has 6 heteroatoms. The molecule has 1 aromatic rings. The minimum absolute atomic E-state index is 0. The van der Waals surface area contributed by atoms with E-state index in [1.807, 2.05) is 19.1 Å². The van der Waals surface area contributed by atoms with Crippen LogP contribution in [0, 0.1) is 5.92 Å². The number of hydrogen-bond acceptors (Lipinski definition) is 4. The Kier molecular flexibility index (Phi) is 9.25. The van der Waals surface area contributed by atoms with Crippen molar-refractivity contribution in [3.8, 4) is 5.75 Å². The third-order valence-electron chi connectivity index (χ3n) is 5.11. The molecule has 5 nitrogen and oxygen atoms in total. The molecule has 1 aliphatic heterocycles. The van der Waals surface area contributed by atoms with Gasteiger partial charge in [0.1, 0.15) is 5.75 Å². The van der Waals surface area contributed by atoms with E-state index in [2.05, 4.69) is 29.3 Å². The monoisotopic (exact) mass is 369 g/mol. The number of amides is 1. The van der Waals surface area contributed by atoms with Gasteiger partial charge < -0.3 is 15.8 Å². The van der Waals surface area contributed by atoms with Gasteiger partial charge in [0.25, 0.3) is 0 Å². The molecule has 0 aromatic heterocycles. The molecule has 0 aliphatic carbocycles. The van der Waals surface area contributed by atoms with Crippen LogP contribution in [0.25, 0.3) is 0 Å². The number of ether oxygens (including phenoxy) is 1. The summed E-state index contributed by atoms with van der Waals surface area (Å²) in [5.74, 6) is 0.986. The molecule has 2 rings (SSSR count). The van der Waals surface area contributed by atoms with Gasteiger partial charge in [-0.05, 0) is 49.5 Å². The largest absolute Gasteiger partial charge is 0.497 e. The molecule has 142 valence electrons. The Labute approximate surface area is 157 Å². The fourth-order valence-corrected chi connectivity index (χ4v) is 3.16. The molecule has 1 amide bonds. The number of hydrogen-bond donors (Lipinski definition) is 2. The third-order valence-corrected chi connectivity index (χ3v) is 5.11. The predicted molar refractivity (Wildman–Crippen MR) is 104 cm³/mol. The summed E-state index contributed by atoms with van der Waals surface area (Å²) in [5, 5.41) is 3.06. The summed E-state index contributed by atoms with van der Waals surface area (Å²) >= 11 is 0. The summed E-state index contributed by atoms with van der Waals surface area (Å²) in [4.78, 5) is 14.8. The fraction of sp³-hybridized carbons (Fsp3) is 0.632. The summed E-state index contributed by atoms with van der Waals surface area (Å²) in [5.41, 5.74) is 7.25. The van der Waals surface area contributed by atoms with Crippen LogP contribution in [-0.2, 0) is 4.79 Å². The van der Waals surface area contributed by atoms with E-state index in [0.29, 0.717) is 6.54 Å². The Morgan fingerprint density at radius 3 is 2.40 bits per heavy atom. The lowest BCUT2D eigenvalue weighted by molar-refractivity contribution is -0.123. The lowest BCUT2D eigenvalue weighted by atomic mass is 9.99. The fourth-order valence-electron chi connectivity index (χ4n) is 3.16. The van der Waals surface area contributed by atoms with Crippen molar-refractivity contribution in [2.24, 2.45) is 11.7 Å². The highest BCUT2D eigenvalue weighted by atomic mass is 35.5. The quantitative estimate of drug-likeness (QED) is 0.739. The first-order valence-corrected chi connectivity index (χ1v) is 8.98. The lowest BCUT2D eigenvalue weighted by Gasteiger charge is -2.29. The van der Waals surface area contributed by atoms with Crippen LogP contribution < -0.4 is 15.8 Å². The molecule has 3 atom stereocenters. The number of carbonyl (C=O) groups is 1. The molecule has 0 spiro atoms. The molecule has 1 aliphatic rings. The number of methoxy groups -OCH3 is 1. The summed E-state index contributed by atoms with van der Waals surface area (Å²) < 4.78 is 5.24. The summed E-state index contributed by atoms with van der Waals surface area (Å²) in [7, 11) is 1.67. The van der Waals surface area contributed by atoms with Crippen LogP contribution in [0.2, 0.25) is 0 Å². The molecule has 0 saturated carbocycles. The average Bonchev–Trinajstić information content (AvgIpc) is 3.15. The Bertz CT molecular complexity index is 518. The molecule has 1 fully saturated rings. The van der Waals surface area contributed by atoms with Crippen LogP contribution in [0.5, 0.6) is 5.75 Å². The van der Waals surface area contributed by atoms with Gasteiger partial charge in [0.05, 0.1) is 19.2 Å². The standard InChI is InChI=1S/C19H31N3O2.ClH/c1-4-14(2)18(20)19(23)21-13-17(22-11-5-6-12-22)15-7-9-16(24-3)10-8-15;/h7-10,14,17-18H,4-6,11-13,20H2,1-3H3,(H,21,23);1H. The summed E-state index contributed by atoms with van der Waals surface area (Å²) in [6, 6.07) is 7.87. The highest BCUT2D eigenvalue weighted by molar-refractivity contribution is 5.85. The zero-order valence-electron chi connectivity index (χ0n) is 15.5. The van der Waals surface area contributed by atoms with Gasteiger partial charge in [-0.25, -0.2) is 0 Å². The van der Waals surface area contributed by atoms with Crippen molar-refractivity contribution in [3.63, 3.8) is 0 Å². The molecular formula is C19H32ClN3O2. The van der Waals surface area contributed by atoms with E-state index >= 15 is 0 Å². The van der Waals surface area contributed by atoms with Crippen molar-refractivity contribution >= 4 is 18.3 Å². The Hall–Kier alpha value is -1.30. The Morgan fingerprint density at radius 1 is 1.28 bits per heavy atom. The maximum atomic E-state index is 12.3. The summed E-state index contributed by atoms with van der Waals surface area (Å²) in [6.45, 7) is 6.82. The van der Waals surface area contributed by atoms with E-state index in [4.69, 9.17) is 10.5 Å². The van der Waals surface area contributed by atoms with Crippen molar-refractivity contribution in [1.29, 1.82) is 0 Å². The SMILES string of the molecule is CCC(C)C(N)C(=O)NCC(c1ccc(OC)cc1)N1CCCC1.Cl. The minimum atomic E-state index is -0.440. The van der Waals surface area contributed by atoms with Gasteiger partial charge in [-0.3, -0.25) is 9.69 Å². The van der Waals surface area contributed by atoms with Crippen LogP contribution in [0.4, 0.5) is 0 Å². The molecule has 1 saturated heterocycles. The van der Waals surface area contributed by atoms with Crippen LogP contribution in [0.15, 0.2) is 24.3 Å². The van der Waals surface area contributed by atoms with E-state index in [-0.39, 0.29) is 30.3 Å². The van der Waals surface area contributed by atoms with Crippen LogP contribution in [-0.4, -0.2) is 43.6 Å². The zero-order valence-corrected chi connectivity index (χ0v) is 16.3. The number of likely N-dealkylation sites (tertiary alicyclic amines) is 1. The number of nitrogens with one attached hydrogen (secondary N) is 1. The van der Waals surface area contributed by atoms with Crippen molar-refractivity contribution < 1.29 is 9.53 Å². The predicted octanol–water partition coefficient (Wildman–Crippen LogP) is 2.74. The molecule has 3 N–H and O–H groups in total. The van der Waals surface area contributed by atoms with Crippen LogP contribution in [0.1, 0.15) is 44.7 Å². The average molecular weight is 370 g/mol. The first kappa shape index (κ1) is 21.7. The maximum Gasteiger partial charge on any atom is 0.237 e. The highest BCUT2D eigenvalue weighted by Gasteiger charge is 2.26. The molecule has 0 radical (unpaired) electrons. The van der Waals surface area contributed by atoms with E-state index in [0.717, 1.165) is 25.3 Å². The van der Waals surface area contributed by atoms with Crippen LogP contribution in [0.3, 0.4) is 0 Å². The van der Waals surface area contributed by atoms with Gasteiger partial charge in [-0.2, -0.15) is 0 Å². The second-order valence-corrected chi connectivity index (χ2v) is 6.69. The van der Waals surface area contributed by atoms with Gasteiger partial charge in [-0.15, -0.1) is 12.4 Å². The van der Waals surface area contributed by atoms with Gasteiger partial charge in [0.2, 0.25) is 5.91 Å². The van der Waals surface area contributed by atoms with E-state index in [9.17, 15) is 4.79 Å². The number of carbonyl (C=O) groups excluding carboxylic acids is 1. The van der Waals surface area contributed by atoms with Crippen molar-refractivity contribution in [1.82, 2.24) is 10.2 Å². The topological polar surface area (TPSA) is 67.6 Å². The first-order valence-electron chi connectivity index (χ1n) is 8.98. The first-order chi connectivity index (χ1) is 11.6. The number of benzene rings is 1. The molecule has 3 unspecified atom stereocenters. The molecule has 1 aromatic carbocycles. The molecular weight excluding hydrogens is 338 g/mol. The number of nitrogens with two attached hydrogens (primary N) is 1. The highest BCUT2D eigenvalue weighted by Crippen LogP contribution is 2.26. The van der Waals surface area contributed by atoms with Crippen molar-refractivity contribution in [2.45, 2.75) is 45.2 Å². The molecule has 25 heavy (non-hydrogen) atoms. The Balaban J connectivity index is 0.00000312. The van der Waals surface area contributed by atoms with Crippen molar-refractivity contribution in [3.05, 3.63) is 29.8 Å². The van der Waals surface area contributed by atoms with Gasteiger partial charge in [0, 0.05) is 6.54 Å². The number of halogens is 1. The maximum absolute atomic E-state index is 12.3. The normalized spacial score (nSPS) is 18.1. The molecule has 0 bridgehead atoms.